The lowest BCUT2D eigenvalue weighted by molar-refractivity contribution is -0.118. The van der Waals surface area contributed by atoms with Crippen LogP contribution in [0.4, 0.5) is 0 Å². The zero-order valence-corrected chi connectivity index (χ0v) is 11.6. The number of phenols is 1. The highest BCUT2D eigenvalue weighted by molar-refractivity contribution is 7.89. The van der Waals surface area contributed by atoms with Crippen LogP contribution < -0.4 is 5.73 Å². The summed E-state index contributed by atoms with van der Waals surface area (Å²) in [4.78, 5) is 11.0. The number of hydrogen-bond donors (Lipinski definition) is 2. The molecule has 0 aromatic heterocycles. The van der Waals surface area contributed by atoms with Gasteiger partial charge in [0.15, 0.2) is 0 Å². The number of amides is 1. The summed E-state index contributed by atoms with van der Waals surface area (Å²) < 4.78 is 25.7. The fourth-order valence-electron chi connectivity index (χ4n) is 1.56. The minimum Gasteiger partial charge on any atom is -0.508 e. The molecule has 0 aliphatic carbocycles. The highest BCUT2D eigenvalue weighted by Crippen LogP contribution is 2.19. The molecule has 7 heteroatoms. The summed E-state index contributed by atoms with van der Waals surface area (Å²) in [6, 6.07) is 5.17. The molecule has 1 aromatic rings. The summed E-state index contributed by atoms with van der Waals surface area (Å²) in [7, 11) is -3.76. The van der Waals surface area contributed by atoms with Gasteiger partial charge >= 0.3 is 0 Å². The van der Waals surface area contributed by atoms with E-state index in [0.717, 1.165) is 10.7 Å². The highest BCUT2D eigenvalue weighted by Gasteiger charge is 2.25. The molecule has 0 atom stereocenters. The maximum Gasteiger partial charge on any atom is 0.243 e. The molecule has 0 fully saturated rings. The third-order valence-corrected chi connectivity index (χ3v) is 4.43. The van der Waals surface area contributed by atoms with E-state index in [-0.39, 0.29) is 23.7 Å². The number of sulfonamides is 1. The van der Waals surface area contributed by atoms with Gasteiger partial charge in [-0.1, -0.05) is 13.3 Å². The van der Waals surface area contributed by atoms with Gasteiger partial charge in [-0.15, -0.1) is 0 Å². The zero-order chi connectivity index (χ0) is 14.5. The van der Waals surface area contributed by atoms with Crippen LogP contribution in [0.5, 0.6) is 5.75 Å². The Kier molecular flexibility index (Phi) is 5.31. The third kappa shape index (κ3) is 4.22. The number of hydrogen-bond acceptors (Lipinski definition) is 4. The van der Waals surface area contributed by atoms with Crippen molar-refractivity contribution >= 4 is 15.9 Å². The monoisotopic (exact) mass is 286 g/mol. The Morgan fingerprint density at radius 2 is 1.89 bits per heavy atom. The first-order valence-corrected chi connectivity index (χ1v) is 7.39. The number of rotatable bonds is 7. The van der Waals surface area contributed by atoms with Crippen LogP contribution in [0.2, 0.25) is 0 Å². The fourth-order valence-corrected chi connectivity index (χ4v) is 3.00. The normalized spacial score (nSPS) is 11.7. The minimum atomic E-state index is -3.76. The Morgan fingerprint density at radius 3 is 2.37 bits per heavy atom. The van der Waals surface area contributed by atoms with Crippen molar-refractivity contribution in [1.82, 2.24) is 4.31 Å². The predicted octanol–water partition coefficient (Wildman–Crippen LogP) is 0.668. The van der Waals surface area contributed by atoms with Crippen molar-refractivity contribution in [3.8, 4) is 5.75 Å². The molecule has 0 aliphatic rings. The van der Waals surface area contributed by atoms with Gasteiger partial charge in [0.2, 0.25) is 15.9 Å². The van der Waals surface area contributed by atoms with Crippen LogP contribution in [-0.4, -0.2) is 36.8 Å². The molecule has 1 aromatic carbocycles. The lowest BCUT2D eigenvalue weighted by Crippen LogP contribution is -2.39. The van der Waals surface area contributed by atoms with Crippen molar-refractivity contribution in [2.24, 2.45) is 5.73 Å². The van der Waals surface area contributed by atoms with Gasteiger partial charge < -0.3 is 10.8 Å². The van der Waals surface area contributed by atoms with Gasteiger partial charge in [-0.3, -0.25) is 4.79 Å². The highest BCUT2D eigenvalue weighted by atomic mass is 32.2. The first-order valence-electron chi connectivity index (χ1n) is 5.95. The van der Waals surface area contributed by atoms with Crippen molar-refractivity contribution < 1.29 is 18.3 Å². The Hall–Kier alpha value is -1.60. The number of nitrogens with zero attached hydrogens (tertiary/aromatic N) is 1. The Morgan fingerprint density at radius 1 is 1.32 bits per heavy atom. The van der Waals surface area contributed by atoms with E-state index in [1.165, 1.54) is 24.3 Å². The second kappa shape index (κ2) is 6.53. The minimum absolute atomic E-state index is 0.0195. The molecule has 0 aliphatic heterocycles. The summed E-state index contributed by atoms with van der Waals surface area (Å²) in [6.07, 6.45) is 1.45. The Labute approximate surface area is 112 Å². The van der Waals surface area contributed by atoms with Crippen LogP contribution in [-0.2, 0) is 14.8 Å². The molecular formula is C12H18N2O4S. The number of phenolic OH excluding ortho intramolecular Hbond substituents is 1. The van der Waals surface area contributed by atoms with Crippen LogP contribution in [0.3, 0.4) is 0 Å². The number of aromatic hydroxyl groups is 1. The summed E-state index contributed by atoms with van der Waals surface area (Å²) >= 11 is 0. The molecule has 0 bridgehead atoms. The second-order valence-electron chi connectivity index (χ2n) is 4.15. The summed E-state index contributed by atoms with van der Waals surface area (Å²) in [5.41, 5.74) is 5.08. The molecule has 6 nitrogen and oxygen atoms in total. The van der Waals surface area contributed by atoms with Crippen LogP contribution in [0.15, 0.2) is 29.2 Å². The molecule has 0 spiro atoms. The maximum absolute atomic E-state index is 12.3. The largest absolute Gasteiger partial charge is 0.508 e. The van der Waals surface area contributed by atoms with Gasteiger partial charge in [-0.2, -0.15) is 4.31 Å². The van der Waals surface area contributed by atoms with Crippen LogP contribution in [0.25, 0.3) is 0 Å². The first-order chi connectivity index (χ1) is 8.87. The standard InChI is InChI=1S/C12H18N2O4S/c1-2-3-8-14(9-12(13)16)19(17,18)11-6-4-10(15)5-7-11/h4-7,15H,2-3,8-9H2,1H3,(H2,13,16). The van der Waals surface area contributed by atoms with Gasteiger partial charge in [0.05, 0.1) is 11.4 Å². The quantitative estimate of drug-likeness (QED) is 0.769. The lowest BCUT2D eigenvalue weighted by Gasteiger charge is -2.20. The number of unbranched alkanes of at least 4 members (excludes halogenated alkanes) is 1. The second-order valence-corrected chi connectivity index (χ2v) is 6.09. The molecule has 1 amide bonds. The van der Waals surface area contributed by atoms with Crippen molar-refractivity contribution in [3.05, 3.63) is 24.3 Å². The average Bonchev–Trinajstić information content (AvgIpc) is 2.34. The lowest BCUT2D eigenvalue weighted by atomic mass is 10.3. The van der Waals surface area contributed by atoms with Crippen molar-refractivity contribution in [2.45, 2.75) is 24.7 Å². The molecule has 1 rings (SSSR count). The number of carbonyl (C=O) groups is 1. The number of benzene rings is 1. The smallest absolute Gasteiger partial charge is 0.243 e. The molecule has 0 saturated heterocycles. The molecule has 106 valence electrons. The molecule has 0 heterocycles. The van der Waals surface area contributed by atoms with E-state index in [2.05, 4.69) is 0 Å². The predicted molar refractivity (Wildman–Crippen MR) is 71.0 cm³/mol. The van der Waals surface area contributed by atoms with Crippen molar-refractivity contribution in [2.75, 3.05) is 13.1 Å². The molecule has 0 saturated carbocycles. The van der Waals surface area contributed by atoms with E-state index in [9.17, 15) is 13.2 Å². The van der Waals surface area contributed by atoms with Crippen LogP contribution >= 0.6 is 0 Å². The van der Waals surface area contributed by atoms with Crippen LogP contribution in [0, 0.1) is 0 Å². The van der Waals surface area contributed by atoms with Gasteiger partial charge in [-0.05, 0) is 30.7 Å². The molecule has 3 N–H and O–H groups in total. The molecule has 19 heavy (non-hydrogen) atoms. The molecular weight excluding hydrogens is 268 g/mol. The fraction of sp³-hybridized carbons (Fsp3) is 0.417. The van der Waals surface area contributed by atoms with E-state index in [0.29, 0.717) is 6.42 Å². The van der Waals surface area contributed by atoms with Crippen LogP contribution in [0.1, 0.15) is 19.8 Å². The third-order valence-electron chi connectivity index (χ3n) is 2.57. The summed E-state index contributed by atoms with van der Waals surface area (Å²) in [6.45, 7) is 1.82. The van der Waals surface area contributed by atoms with Crippen molar-refractivity contribution in [3.63, 3.8) is 0 Å². The zero-order valence-electron chi connectivity index (χ0n) is 10.7. The van der Waals surface area contributed by atoms with Gasteiger partial charge in [-0.25, -0.2) is 8.42 Å². The van der Waals surface area contributed by atoms with E-state index >= 15 is 0 Å². The number of primary amides is 1. The van der Waals surface area contributed by atoms with Gasteiger partial charge in [0, 0.05) is 6.54 Å². The molecule has 0 radical (unpaired) electrons. The molecule has 0 unspecified atom stereocenters. The SMILES string of the molecule is CCCCN(CC(N)=O)S(=O)(=O)c1ccc(O)cc1. The van der Waals surface area contributed by atoms with E-state index in [1.807, 2.05) is 6.92 Å². The maximum atomic E-state index is 12.3. The van der Waals surface area contributed by atoms with Gasteiger partial charge in [0.25, 0.3) is 0 Å². The average molecular weight is 286 g/mol. The van der Waals surface area contributed by atoms with E-state index in [4.69, 9.17) is 10.8 Å². The summed E-state index contributed by atoms with van der Waals surface area (Å²) in [5, 5.41) is 9.17. The first kappa shape index (κ1) is 15.5. The number of nitrogens with two attached hydrogens (primary N) is 1. The number of carbonyl (C=O) groups excluding carboxylic acids is 1. The summed E-state index contributed by atoms with van der Waals surface area (Å²) in [5.74, 6) is -0.715. The van der Waals surface area contributed by atoms with E-state index < -0.39 is 15.9 Å². The Balaban J connectivity index is 3.03. The topological polar surface area (TPSA) is 101 Å². The van der Waals surface area contributed by atoms with Crippen molar-refractivity contribution in [1.29, 1.82) is 0 Å². The van der Waals surface area contributed by atoms with E-state index in [1.54, 1.807) is 0 Å². The van der Waals surface area contributed by atoms with Gasteiger partial charge in [0.1, 0.15) is 5.75 Å². The Bertz CT molecular complexity index is 525.